The van der Waals surface area contributed by atoms with Gasteiger partial charge in [0.25, 0.3) is 0 Å². The van der Waals surface area contributed by atoms with Crippen LogP contribution in [0.1, 0.15) is 10.7 Å². The molecule has 0 aromatic carbocycles. The summed E-state index contributed by atoms with van der Waals surface area (Å²) in [7, 11) is 1.93. The molecular formula is C10H14N2O2S. The quantitative estimate of drug-likeness (QED) is 0.773. The van der Waals surface area contributed by atoms with Crippen LogP contribution < -0.4 is 0 Å². The van der Waals surface area contributed by atoms with Gasteiger partial charge in [0.1, 0.15) is 0 Å². The minimum absolute atomic E-state index is 0.614. The Labute approximate surface area is 92.9 Å². The average molecular weight is 226 g/mol. The van der Waals surface area contributed by atoms with Gasteiger partial charge < -0.3 is 5.11 Å². The molecular weight excluding hydrogens is 212 g/mol. The lowest BCUT2D eigenvalue weighted by Gasteiger charge is -2.11. The van der Waals surface area contributed by atoms with Crippen LogP contribution in [0.4, 0.5) is 0 Å². The molecule has 4 nitrogen and oxygen atoms in total. The summed E-state index contributed by atoms with van der Waals surface area (Å²) >= 11 is 1.63. The van der Waals surface area contributed by atoms with Crippen molar-refractivity contribution in [3.63, 3.8) is 0 Å². The van der Waals surface area contributed by atoms with E-state index in [4.69, 9.17) is 5.11 Å². The molecule has 82 valence electrons. The number of nitrogens with zero attached hydrogens (tertiary/aromatic N) is 2. The highest BCUT2D eigenvalue weighted by molar-refractivity contribution is 7.09. The van der Waals surface area contributed by atoms with E-state index in [2.05, 4.69) is 4.98 Å². The molecule has 0 saturated heterocycles. The number of thiazole rings is 1. The third kappa shape index (κ3) is 4.71. The molecule has 15 heavy (non-hydrogen) atoms. The van der Waals surface area contributed by atoms with Gasteiger partial charge in [-0.1, -0.05) is 6.08 Å². The van der Waals surface area contributed by atoms with E-state index >= 15 is 0 Å². The monoisotopic (exact) mass is 226 g/mol. The van der Waals surface area contributed by atoms with Crippen molar-refractivity contribution in [3.05, 3.63) is 28.2 Å². The molecule has 0 atom stereocenters. The molecule has 0 radical (unpaired) electrons. The first kappa shape index (κ1) is 11.9. The molecule has 0 amide bonds. The van der Waals surface area contributed by atoms with Crippen molar-refractivity contribution in [1.29, 1.82) is 0 Å². The number of hydrogen-bond acceptors (Lipinski definition) is 4. The van der Waals surface area contributed by atoms with Gasteiger partial charge in [-0.05, 0) is 14.0 Å². The van der Waals surface area contributed by atoms with Crippen LogP contribution >= 0.6 is 11.3 Å². The van der Waals surface area contributed by atoms with Crippen LogP contribution in [0, 0.1) is 6.92 Å². The molecule has 0 unspecified atom stereocenters. The first-order chi connectivity index (χ1) is 7.08. The van der Waals surface area contributed by atoms with Crippen LogP contribution in [-0.4, -0.2) is 34.6 Å². The summed E-state index contributed by atoms with van der Waals surface area (Å²) in [6.45, 7) is 3.33. The number of aliphatic carboxylic acids is 1. The number of hydrogen-bond donors (Lipinski definition) is 1. The summed E-state index contributed by atoms with van der Waals surface area (Å²) in [6.07, 6.45) is 2.78. The first-order valence-corrected chi connectivity index (χ1v) is 5.45. The van der Waals surface area contributed by atoms with Crippen molar-refractivity contribution in [3.8, 4) is 0 Å². The van der Waals surface area contributed by atoms with E-state index in [1.807, 2.05) is 24.3 Å². The van der Waals surface area contributed by atoms with Gasteiger partial charge in [0.05, 0.1) is 10.7 Å². The Morgan fingerprint density at radius 1 is 1.73 bits per heavy atom. The first-order valence-electron chi connectivity index (χ1n) is 4.57. The summed E-state index contributed by atoms with van der Waals surface area (Å²) in [5.74, 6) is -0.909. The molecule has 1 N–H and O–H groups in total. The largest absolute Gasteiger partial charge is 0.478 e. The average Bonchev–Trinajstić information content (AvgIpc) is 2.50. The zero-order chi connectivity index (χ0) is 11.3. The van der Waals surface area contributed by atoms with E-state index in [9.17, 15) is 4.79 Å². The van der Waals surface area contributed by atoms with Gasteiger partial charge in [-0.15, -0.1) is 11.3 Å². The molecule has 1 heterocycles. The van der Waals surface area contributed by atoms with Crippen molar-refractivity contribution in [1.82, 2.24) is 9.88 Å². The van der Waals surface area contributed by atoms with E-state index in [-0.39, 0.29) is 0 Å². The number of aromatic nitrogens is 1. The maximum Gasteiger partial charge on any atom is 0.328 e. The van der Waals surface area contributed by atoms with Crippen molar-refractivity contribution in [2.45, 2.75) is 13.5 Å². The second kappa shape index (κ2) is 5.63. The maximum absolute atomic E-state index is 10.2. The van der Waals surface area contributed by atoms with Crippen LogP contribution in [0.15, 0.2) is 17.5 Å². The predicted molar refractivity (Wildman–Crippen MR) is 60.0 cm³/mol. The third-order valence-electron chi connectivity index (χ3n) is 1.78. The molecule has 0 spiro atoms. The Hall–Kier alpha value is -1.20. The minimum atomic E-state index is -0.909. The maximum atomic E-state index is 10.2. The van der Waals surface area contributed by atoms with Crippen molar-refractivity contribution in [2.75, 3.05) is 13.6 Å². The highest BCUT2D eigenvalue weighted by atomic mass is 32.1. The molecule has 5 heteroatoms. The van der Waals surface area contributed by atoms with Crippen LogP contribution in [0.5, 0.6) is 0 Å². The Morgan fingerprint density at radius 2 is 2.47 bits per heavy atom. The van der Waals surface area contributed by atoms with Gasteiger partial charge in [-0.2, -0.15) is 0 Å². The lowest BCUT2D eigenvalue weighted by Crippen LogP contribution is -2.18. The van der Waals surface area contributed by atoms with Gasteiger partial charge in [-0.25, -0.2) is 9.78 Å². The standard InChI is InChI=1S/C10H14N2O2S/c1-8-11-9(7-15-8)6-12(2)5-3-4-10(13)14/h3-4,7H,5-6H2,1-2H3,(H,13,14). The van der Waals surface area contributed by atoms with Crippen molar-refractivity contribution < 1.29 is 9.90 Å². The number of carboxylic acid groups (broad SMARTS) is 1. The normalized spacial score (nSPS) is 11.4. The molecule has 1 aromatic heterocycles. The molecule has 0 aliphatic carbocycles. The number of rotatable bonds is 5. The van der Waals surface area contributed by atoms with E-state index in [0.717, 1.165) is 23.3 Å². The molecule has 0 saturated carbocycles. The Bertz CT molecular complexity index is 360. The zero-order valence-corrected chi connectivity index (χ0v) is 9.62. The number of carboxylic acids is 1. The molecule has 0 aliphatic rings. The van der Waals surface area contributed by atoms with Gasteiger partial charge in [0.2, 0.25) is 0 Å². The van der Waals surface area contributed by atoms with Crippen LogP contribution in [-0.2, 0) is 11.3 Å². The summed E-state index contributed by atoms with van der Waals surface area (Å²) in [6, 6.07) is 0. The zero-order valence-electron chi connectivity index (χ0n) is 8.80. The second-order valence-corrected chi connectivity index (χ2v) is 4.36. The van der Waals surface area contributed by atoms with E-state index in [0.29, 0.717) is 6.54 Å². The van der Waals surface area contributed by atoms with Crippen LogP contribution in [0.25, 0.3) is 0 Å². The molecule has 1 aromatic rings. The molecule has 1 rings (SSSR count). The third-order valence-corrected chi connectivity index (χ3v) is 2.60. The predicted octanol–water partition coefficient (Wildman–Crippen LogP) is 1.52. The number of likely N-dealkylation sites (N-methyl/N-ethyl adjacent to an activating group) is 1. The Morgan fingerprint density at radius 3 is 3.00 bits per heavy atom. The SMILES string of the molecule is Cc1nc(CN(C)CC=CC(=O)O)cs1. The fourth-order valence-electron chi connectivity index (χ4n) is 1.16. The smallest absolute Gasteiger partial charge is 0.328 e. The summed E-state index contributed by atoms with van der Waals surface area (Å²) < 4.78 is 0. The second-order valence-electron chi connectivity index (χ2n) is 3.30. The highest BCUT2D eigenvalue weighted by Crippen LogP contribution is 2.09. The van der Waals surface area contributed by atoms with Gasteiger partial charge in [0.15, 0.2) is 0 Å². The lowest BCUT2D eigenvalue weighted by molar-refractivity contribution is -0.131. The Balaban J connectivity index is 2.36. The van der Waals surface area contributed by atoms with Crippen molar-refractivity contribution >= 4 is 17.3 Å². The Kier molecular flexibility index (Phi) is 4.45. The van der Waals surface area contributed by atoms with Crippen LogP contribution in [0.2, 0.25) is 0 Å². The van der Waals surface area contributed by atoms with E-state index < -0.39 is 5.97 Å². The fraction of sp³-hybridized carbons (Fsp3) is 0.400. The van der Waals surface area contributed by atoms with E-state index in [1.165, 1.54) is 0 Å². The van der Waals surface area contributed by atoms with Gasteiger partial charge in [-0.3, -0.25) is 4.90 Å². The van der Waals surface area contributed by atoms with Crippen molar-refractivity contribution in [2.24, 2.45) is 0 Å². The van der Waals surface area contributed by atoms with Crippen LogP contribution in [0.3, 0.4) is 0 Å². The fourth-order valence-corrected chi connectivity index (χ4v) is 1.76. The minimum Gasteiger partial charge on any atom is -0.478 e. The molecule has 0 aliphatic heterocycles. The summed E-state index contributed by atoms with van der Waals surface area (Å²) in [4.78, 5) is 16.6. The number of aryl methyl sites for hydroxylation is 1. The lowest BCUT2D eigenvalue weighted by atomic mass is 10.4. The molecule has 0 fully saturated rings. The number of carbonyl (C=O) groups is 1. The summed E-state index contributed by atoms with van der Waals surface area (Å²) in [5.41, 5.74) is 1.03. The van der Waals surface area contributed by atoms with Gasteiger partial charge in [0, 0.05) is 24.5 Å². The highest BCUT2D eigenvalue weighted by Gasteiger charge is 2.01. The molecule has 0 bridgehead atoms. The summed E-state index contributed by atoms with van der Waals surface area (Å²) in [5, 5.41) is 11.5. The van der Waals surface area contributed by atoms with E-state index in [1.54, 1.807) is 17.4 Å². The van der Waals surface area contributed by atoms with Gasteiger partial charge >= 0.3 is 5.97 Å². The topological polar surface area (TPSA) is 53.4 Å².